The Morgan fingerprint density at radius 2 is 2.40 bits per heavy atom. The van der Waals surface area contributed by atoms with Crippen molar-refractivity contribution in [2.45, 2.75) is 0 Å². The molecule has 1 amide bonds. The summed E-state index contributed by atoms with van der Waals surface area (Å²) in [5, 5.41) is 9.09. The van der Waals surface area contributed by atoms with Gasteiger partial charge in [0.05, 0.1) is 17.5 Å². The smallest absolute Gasteiger partial charge is 0.253 e. The highest BCUT2D eigenvalue weighted by Gasteiger charge is 2.12. The summed E-state index contributed by atoms with van der Waals surface area (Å²) < 4.78 is 0. The van der Waals surface area contributed by atoms with E-state index in [1.54, 1.807) is 37.8 Å². The third-order valence-corrected chi connectivity index (χ3v) is 2.05. The van der Waals surface area contributed by atoms with Crippen molar-refractivity contribution >= 4 is 5.91 Å². The van der Waals surface area contributed by atoms with Gasteiger partial charge in [0.1, 0.15) is 0 Å². The molecule has 2 rings (SSSR count). The van der Waals surface area contributed by atoms with Crippen LogP contribution in [0.25, 0.3) is 11.3 Å². The molecule has 0 radical (unpaired) electrons. The molecule has 15 heavy (non-hydrogen) atoms. The fraction of sp³-hybridized carbons (Fsp3) is 0.100. The van der Waals surface area contributed by atoms with E-state index in [4.69, 9.17) is 0 Å². The van der Waals surface area contributed by atoms with Crippen LogP contribution in [0.1, 0.15) is 10.4 Å². The molecule has 0 unspecified atom stereocenters. The summed E-state index contributed by atoms with van der Waals surface area (Å²) >= 11 is 0. The molecule has 0 aliphatic rings. The predicted octanol–water partition coefficient (Wildman–Crippen LogP) is 0.831. The van der Waals surface area contributed by atoms with Crippen molar-refractivity contribution in [1.29, 1.82) is 0 Å². The highest BCUT2D eigenvalue weighted by Crippen LogP contribution is 2.19. The summed E-state index contributed by atoms with van der Waals surface area (Å²) in [5.41, 5.74) is 1.97. The molecule has 2 aromatic heterocycles. The number of pyridine rings is 1. The number of nitrogens with zero attached hydrogens (tertiary/aromatic N) is 2. The monoisotopic (exact) mass is 202 g/mol. The van der Waals surface area contributed by atoms with E-state index in [9.17, 15) is 4.79 Å². The molecule has 0 aliphatic heterocycles. The van der Waals surface area contributed by atoms with Gasteiger partial charge >= 0.3 is 0 Å². The van der Waals surface area contributed by atoms with Crippen LogP contribution in [0.15, 0.2) is 30.7 Å². The van der Waals surface area contributed by atoms with Crippen LogP contribution in [-0.2, 0) is 0 Å². The Balaban J connectivity index is 2.52. The van der Waals surface area contributed by atoms with Crippen LogP contribution in [-0.4, -0.2) is 28.1 Å². The van der Waals surface area contributed by atoms with Crippen LogP contribution >= 0.6 is 0 Å². The van der Waals surface area contributed by atoms with Crippen molar-refractivity contribution < 1.29 is 4.79 Å². The molecule has 0 aliphatic carbocycles. The Morgan fingerprint density at radius 3 is 3.07 bits per heavy atom. The fourth-order valence-corrected chi connectivity index (χ4v) is 1.33. The van der Waals surface area contributed by atoms with Crippen molar-refractivity contribution in [1.82, 2.24) is 20.5 Å². The maximum Gasteiger partial charge on any atom is 0.253 e. The van der Waals surface area contributed by atoms with E-state index in [-0.39, 0.29) is 5.91 Å². The minimum Gasteiger partial charge on any atom is -0.355 e. The first-order valence-corrected chi connectivity index (χ1v) is 4.49. The summed E-state index contributed by atoms with van der Waals surface area (Å²) in [5.74, 6) is -0.153. The molecular formula is C10H10N4O. The molecule has 0 atom stereocenters. The number of H-pyrrole nitrogens is 1. The van der Waals surface area contributed by atoms with E-state index < -0.39 is 0 Å². The molecule has 2 aromatic rings. The van der Waals surface area contributed by atoms with Crippen LogP contribution in [0.4, 0.5) is 0 Å². The first-order valence-electron chi connectivity index (χ1n) is 4.49. The Hall–Kier alpha value is -2.17. The van der Waals surface area contributed by atoms with E-state index in [1.165, 1.54) is 0 Å². The van der Waals surface area contributed by atoms with E-state index in [0.717, 1.165) is 5.56 Å². The second-order valence-corrected chi connectivity index (χ2v) is 2.97. The number of amides is 1. The number of aromatic amines is 1. The van der Waals surface area contributed by atoms with Gasteiger partial charge in [0, 0.05) is 25.0 Å². The zero-order valence-corrected chi connectivity index (χ0v) is 8.19. The Kier molecular flexibility index (Phi) is 2.45. The number of hydrogen-bond acceptors (Lipinski definition) is 3. The number of carbonyl (C=O) groups excluding carboxylic acids is 1. The molecular weight excluding hydrogens is 192 g/mol. The minimum atomic E-state index is -0.153. The van der Waals surface area contributed by atoms with Gasteiger partial charge in [-0.25, -0.2) is 0 Å². The molecule has 2 N–H and O–H groups in total. The van der Waals surface area contributed by atoms with Gasteiger partial charge in [0.15, 0.2) is 0 Å². The molecule has 0 saturated heterocycles. The van der Waals surface area contributed by atoms with Gasteiger partial charge < -0.3 is 5.32 Å². The first kappa shape index (κ1) is 9.39. The van der Waals surface area contributed by atoms with Crippen LogP contribution in [0.5, 0.6) is 0 Å². The molecule has 0 saturated carbocycles. The second-order valence-electron chi connectivity index (χ2n) is 2.97. The summed E-state index contributed by atoms with van der Waals surface area (Å²) in [6.07, 6.45) is 4.98. The average Bonchev–Trinajstić information content (AvgIpc) is 2.81. The lowest BCUT2D eigenvalue weighted by Crippen LogP contribution is -2.19. The molecule has 5 nitrogen and oxygen atoms in total. The SMILES string of the molecule is CNC(=O)c1cccnc1-c1cn[nH]c1. The third kappa shape index (κ3) is 1.71. The molecule has 0 bridgehead atoms. The molecule has 0 fully saturated rings. The molecule has 2 heterocycles. The van der Waals surface area contributed by atoms with Crippen LogP contribution in [0.3, 0.4) is 0 Å². The topological polar surface area (TPSA) is 70.7 Å². The average molecular weight is 202 g/mol. The number of rotatable bonds is 2. The van der Waals surface area contributed by atoms with E-state index >= 15 is 0 Å². The van der Waals surface area contributed by atoms with E-state index in [0.29, 0.717) is 11.3 Å². The Labute approximate surface area is 86.5 Å². The third-order valence-electron chi connectivity index (χ3n) is 2.05. The van der Waals surface area contributed by atoms with Gasteiger partial charge in [-0.1, -0.05) is 0 Å². The van der Waals surface area contributed by atoms with E-state index in [1.807, 2.05) is 0 Å². The zero-order valence-electron chi connectivity index (χ0n) is 8.19. The lowest BCUT2D eigenvalue weighted by Gasteiger charge is -2.04. The summed E-state index contributed by atoms with van der Waals surface area (Å²) in [6, 6.07) is 3.46. The van der Waals surface area contributed by atoms with Crippen molar-refractivity contribution in [2.24, 2.45) is 0 Å². The lowest BCUT2D eigenvalue weighted by atomic mass is 10.1. The van der Waals surface area contributed by atoms with Crippen LogP contribution in [0.2, 0.25) is 0 Å². The Morgan fingerprint density at radius 1 is 1.53 bits per heavy atom. The number of nitrogens with one attached hydrogen (secondary N) is 2. The van der Waals surface area contributed by atoms with Gasteiger partial charge in [-0.3, -0.25) is 14.9 Å². The van der Waals surface area contributed by atoms with Gasteiger partial charge in [0.25, 0.3) is 5.91 Å². The van der Waals surface area contributed by atoms with Crippen molar-refractivity contribution in [3.8, 4) is 11.3 Å². The number of carbonyl (C=O) groups is 1. The maximum absolute atomic E-state index is 11.5. The number of hydrogen-bond donors (Lipinski definition) is 2. The second kappa shape index (κ2) is 3.91. The van der Waals surface area contributed by atoms with Crippen molar-refractivity contribution in [2.75, 3.05) is 7.05 Å². The molecule has 0 aromatic carbocycles. The predicted molar refractivity (Wildman–Crippen MR) is 55.2 cm³/mol. The maximum atomic E-state index is 11.5. The van der Waals surface area contributed by atoms with Gasteiger partial charge in [-0.05, 0) is 12.1 Å². The highest BCUT2D eigenvalue weighted by molar-refractivity contribution is 5.99. The highest BCUT2D eigenvalue weighted by atomic mass is 16.1. The van der Waals surface area contributed by atoms with Gasteiger partial charge in [0.2, 0.25) is 0 Å². The fourth-order valence-electron chi connectivity index (χ4n) is 1.33. The van der Waals surface area contributed by atoms with E-state index in [2.05, 4.69) is 20.5 Å². The van der Waals surface area contributed by atoms with Crippen LogP contribution in [0, 0.1) is 0 Å². The number of aromatic nitrogens is 3. The summed E-state index contributed by atoms with van der Waals surface area (Å²) in [4.78, 5) is 15.7. The molecule has 0 spiro atoms. The van der Waals surface area contributed by atoms with Crippen molar-refractivity contribution in [3.63, 3.8) is 0 Å². The van der Waals surface area contributed by atoms with Gasteiger partial charge in [-0.2, -0.15) is 5.10 Å². The first-order chi connectivity index (χ1) is 7.33. The zero-order chi connectivity index (χ0) is 10.7. The van der Waals surface area contributed by atoms with Crippen LogP contribution < -0.4 is 5.32 Å². The normalized spacial score (nSPS) is 9.93. The summed E-state index contributed by atoms with van der Waals surface area (Å²) in [7, 11) is 1.59. The lowest BCUT2D eigenvalue weighted by molar-refractivity contribution is 0.0963. The quantitative estimate of drug-likeness (QED) is 0.757. The van der Waals surface area contributed by atoms with Gasteiger partial charge in [-0.15, -0.1) is 0 Å². The standard InChI is InChI=1S/C10H10N4O/c1-11-10(15)8-3-2-4-12-9(8)7-5-13-14-6-7/h2-6H,1H3,(H,11,15)(H,13,14). The minimum absolute atomic E-state index is 0.153. The Bertz CT molecular complexity index is 464. The summed E-state index contributed by atoms with van der Waals surface area (Å²) in [6.45, 7) is 0. The van der Waals surface area contributed by atoms with Crippen molar-refractivity contribution in [3.05, 3.63) is 36.3 Å². The molecule has 5 heteroatoms. The largest absolute Gasteiger partial charge is 0.355 e. The molecule has 76 valence electrons.